The van der Waals surface area contributed by atoms with E-state index in [0.717, 1.165) is 62.5 Å². The highest BCUT2D eigenvalue weighted by Gasteiger charge is 2.44. The van der Waals surface area contributed by atoms with Gasteiger partial charge in [-0.1, -0.05) is 37.3 Å². The molecule has 2 heterocycles. The molecule has 2 aliphatic carbocycles. The number of esters is 1. The van der Waals surface area contributed by atoms with Gasteiger partial charge in [0.1, 0.15) is 30.3 Å². The summed E-state index contributed by atoms with van der Waals surface area (Å²) < 4.78 is 6.03. The van der Waals surface area contributed by atoms with Crippen LogP contribution in [0.4, 0.5) is 0 Å². The summed E-state index contributed by atoms with van der Waals surface area (Å²) in [5.41, 5.74) is 3.37. The molecule has 1 aliphatic heterocycles. The molecular weight excluding hydrogens is 626 g/mol. The predicted octanol–water partition coefficient (Wildman–Crippen LogP) is 2.14. The van der Waals surface area contributed by atoms with E-state index in [0.29, 0.717) is 5.76 Å². The molecule has 47 heavy (non-hydrogen) atoms. The monoisotopic (exact) mass is 671 g/mol. The fourth-order valence-corrected chi connectivity index (χ4v) is 7.71. The molecular formula is C33H45N5O8S. The summed E-state index contributed by atoms with van der Waals surface area (Å²) in [6.45, 7) is -0.373. The lowest BCUT2D eigenvalue weighted by Crippen LogP contribution is -2.50. The Labute approximate surface area is 278 Å². The van der Waals surface area contributed by atoms with Crippen molar-refractivity contribution in [3.8, 4) is 0 Å². The van der Waals surface area contributed by atoms with Gasteiger partial charge in [-0.3, -0.25) is 34.3 Å². The number of carboxylic acid groups (broad SMARTS) is 2. The van der Waals surface area contributed by atoms with Crippen molar-refractivity contribution in [3.63, 3.8) is 0 Å². The van der Waals surface area contributed by atoms with Gasteiger partial charge >= 0.3 is 17.9 Å². The smallest absolute Gasteiger partial charge is 0.322 e. The molecule has 6 N–H and O–H groups in total. The second-order valence-electron chi connectivity index (χ2n) is 12.2. The van der Waals surface area contributed by atoms with Crippen molar-refractivity contribution >= 4 is 41.5 Å². The second-order valence-corrected chi connectivity index (χ2v) is 13.4. The molecule has 1 aromatic rings. The van der Waals surface area contributed by atoms with E-state index < -0.39 is 48.3 Å². The molecule has 2 amide bonds. The summed E-state index contributed by atoms with van der Waals surface area (Å²) in [5.74, 6) is -3.32. The zero-order valence-electron chi connectivity index (χ0n) is 26.7. The Morgan fingerprint density at radius 3 is 2.51 bits per heavy atom. The zero-order chi connectivity index (χ0) is 33.8. The Balaban J connectivity index is 1.51. The van der Waals surface area contributed by atoms with Crippen LogP contribution in [0.25, 0.3) is 0 Å². The van der Waals surface area contributed by atoms with Crippen LogP contribution in [0.3, 0.4) is 0 Å². The number of rotatable bonds is 16. The number of ether oxygens (including phenoxy) is 1. The minimum Gasteiger partial charge on any atom is -0.480 e. The normalized spacial score (nSPS) is 22.3. The van der Waals surface area contributed by atoms with E-state index >= 15 is 0 Å². The molecule has 0 saturated heterocycles. The van der Waals surface area contributed by atoms with Crippen molar-refractivity contribution in [1.82, 2.24) is 26.3 Å². The van der Waals surface area contributed by atoms with E-state index in [1.807, 2.05) is 18.2 Å². The third-order valence-corrected chi connectivity index (χ3v) is 10.1. The van der Waals surface area contributed by atoms with E-state index in [9.17, 15) is 29.1 Å². The third kappa shape index (κ3) is 10.6. The molecule has 4 rings (SSSR count). The summed E-state index contributed by atoms with van der Waals surface area (Å²) in [6, 6.07) is 1.92. The van der Waals surface area contributed by atoms with Gasteiger partial charge in [-0.15, -0.1) is 11.8 Å². The number of thioether (sulfide) groups is 1. The van der Waals surface area contributed by atoms with Crippen LogP contribution in [-0.4, -0.2) is 88.3 Å². The van der Waals surface area contributed by atoms with Gasteiger partial charge in [-0.25, -0.2) is 0 Å². The first-order valence-electron chi connectivity index (χ1n) is 16.2. The molecule has 3 aliphatic rings. The van der Waals surface area contributed by atoms with Crippen molar-refractivity contribution in [2.24, 2.45) is 11.8 Å². The highest BCUT2D eigenvalue weighted by Crippen LogP contribution is 2.47. The fourth-order valence-electron chi connectivity index (χ4n) is 6.38. The van der Waals surface area contributed by atoms with E-state index in [1.165, 1.54) is 17.3 Å². The molecule has 5 atom stereocenters. The highest BCUT2D eigenvalue weighted by atomic mass is 32.2. The molecule has 1 aromatic heterocycles. The summed E-state index contributed by atoms with van der Waals surface area (Å²) in [5, 5.41) is 28.9. The minimum atomic E-state index is -1.22. The van der Waals surface area contributed by atoms with Gasteiger partial charge < -0.3 is 30.9 Å². The van der Waals surface area contributed by atoms with Gasteiger partial charge in [-0.2, -0.15) is 0 Å². The quantitative estimate of drug-likeness (QED) is 0.0853. The Morgan fingerprint density at radius 1 is 1.06 bits per heavy atom. The van der Waals surface area contributed by atoms with Crippen LogP contribution in [0, 0.1) is 11.8 Å². The third-order valence-electron chi connectivity index (χ3n) is 8.69. The number of pyridine rings is 1. The van der Waals surface area contributed by atoms with Crippen LogP contribution in [-0.2, 0) is 35.1 Å². The Bertz CT molecular complexity index is 1350. The molecule has 5 unspecified atom stereocenters. The maximum Gasteiger partial charge on any atom is 0.322 e. The molecule has 0 aromatic carbocycles. The number of carbonyl (C=O) groups excluding carboxylic acids is 3. The average molecular weight is 672 g/mol. The topological polar surface area (TPSA) is 196 Å². The molecule has 256 valence electrons. The number of amides is 2. The van der Waals surface area contributed by atoms with Gasteiger partial charge in [0.15, 0.2) is 0 Å². The summed E-state index contributed by atoms with van der Waals surface area (Å²) >= 11 is 1.41. The first-order valence-corrected chi connectivity index (χ1v) is 17.3. The molecule has 13 nitrogen and oxygen atoms in total. The Kier molecular flexibility index (Phi) is 13.8. The number of nitrogens with one attached hydrogen (secondary N) is 4. The van der Waals surface area contributed by atoms with Crippen LogP contribution in [0.1, 0.15) is 63.4 Å². The first-order chi connectivity index (χ1) is 22.7. The van der Waals surface area contributed by atoms with Gasteiger partial charge in [-0.05, 0) is 68.3 Å². The lowest BCUT2D eigenvalue weighted by atomic mass is 9.74. The number of aromatic nitrogens is 1. The van der Waals surface area contributed by atoms with Gasteiger partial charge in [0.05, 0.1) is 5.25 Å². The van der Waals surface area contributed by atoms with Crippen molar-refractivity contribution in [3.05, 3.63) is 53.1 Å². The predicted molar refractivity (Wildman–Crippen MR) is 175 cm³/mol. The van der Waals surface area contributed by atoms with Crippen LogP contribution in [0.2, 0.25) is 0 Å². The van der Waals surface area contributed by atoms with Gasteiger partial charge in [0.2, 0.25) is 11.8 Å². The van der Waals surface area contributed by atoms with Crippen molar-refractivity contribution in [1.29, 1.82) is 0 Å². The number of carbonyl (C=O) groups is 5. The standard InChI is InChI=1S/C33H45N5O8S/c1-34-19-37-24(32(43)44)8-9-27(39)38-25(31(42)36-17-28(40)41)18-47-26-7-5-3-2-4-6-22-15-21(14-20-10-12-35-13-11-20)16-23-29(22)30(26)46-33(23)45/h10-13,16,22-26,34,37H,2-9,14-15,17-19H2,1H3,(H,36,42)(H,38,39)(H,40,41)(H,43,44). The van der Waals surface area contributed by atoms with Crippen LogP contribution in [0.15, 0.2) is 47.5 Å². The maximum absolute atomic E-state index is 13.3. The van der Waals surface area contributed by atoms with Crippen molar-refractivity contribution in [2.45, 2.75) is 81.5 Å². The van der Waals surface area contributed by atoms with E-state index in [4.69, 9.17) is 9.84 Å². The largest absolute Gasteiger partial charge is 0.480 e. The van der Waals surface area contributed by atoms with Crippen LogP contribution < -0.4 is 21.3 Å². The molecule has 0 bridgehead atoms. The summed E-state index contributed by atoms with van der Waals surface area (Å²) in [6.07, 6.45) is 12.7. The zero-order valence-corrected chi connectivity index (χ0v) is 27.5. The minimum absolute atomic E-state index is 0.00623. The van der Waals surface area contributed by atoms with E-state index in [-0.39, 0.29) is 42.4 Å². The fraction of sp³-hybridized carbons (Fsp3) is 0.576. The molecule has 0 radical (unpaired) electrons. The van der Waals surface area contributed by atoms with Crippen LogP contribution in [0.5, 0.6) is 0 Å². The summed E-state index contributed by atoms with van der Waals surface area (Å²) in [7, 11) is 1.66. The Hall–Kier alpha value is -3.75. The average Bonchev–Trinajstić information content (AvgIpc) is 3.38. The maximum atomic E-state index is 13.3. The molecule has 14 heteroatoms. The highest BCUT2D eigenvalue weighted by molar-refractivity contribution is 8.00. The van der Waals surface area contributed by atoms with Gasteiger partial charge in [0.25, 0.3) is 0 Å². The number of carboxylic acids is 2. The Morgan fingerprint density at radius 2 is 1.81 bits per heavy atom. The molecule has 0 spiro atoms. The number of hydrogen-bond acceptors (Lipinski definition) is 10. The molecule has 0 fully saturated rings. The number of hydrogen-bond donors (Lipinski definition) is 6. The SMILES string of the molecule is CNCNC(CCC(=O)NC(CSC1CCCCCCC2CC(Cc3ccncc3)=CC3C(=O)OC1=C23)C(=O)NCC(=O)O)C(=O)O. The first kappa shape index (κ1) is 36.1. The molecule has 0 saturated carbocycles. The second kappa shape index (κ2) is 18.0. The number of nitrogens with zero attached hydrogens (tertiary/aromatic N) is 1. The lowest BCUT2D eigenvalue weighted by Gasteiger charge is -2.30. The summed E-state index contributed by atoms with van der Waals surface area (Å²) in [4.78, 5) is 66.1. The van der Waals surface area contributed by atoms with Crippen LogP contribution >= 0.6 is 11.8 Å². The van der Waals surface area contributed by atoms with E-state index in [2.05, 4.69) is 26.3 Å². The lowest BCUT2D eigenvalue weighted by molar-refractivity contribution is -0.140. The van der Waals surface area contributed by atoms with Crippen molar-refractivity contribution in [2.75, 3.05) is 26.0 Å². The number of aliphatic carboxylic acids is 2. The van der Waals surface area contributed by atoms with Gasteiger partial charge in [0, 0.05) is 31.2 Å². The van der Waals surface area contributed by atoms with E-state index in [1.54, 1.807) is 19.4 Å². The van der Waals surface area contributed by atoms with Crippen molar-refractivity contribution < 1.29 is 38.9 Å². The number of allylic oxidation sites excluding steroid dienone is 1.